The Morgan fingerprint density at radius 1 is 1.03 bits per heavy atom. The molecule has 188 valence electrons. The molecule has 2 fully saturated rings. The summed E-state index contributed by atoms with van der Waals surface area (Å²) < 4.78 is 49.0. The Morgan fingerprint density at radius 3 is 2.37 bits per heavy atom. The van der Waals surface area contributed by atoms with Crippen LogP contribution >= 0.6 is 0 Å². The van der Waals surface area contributed by atoms with E-state index in [2.05, 4.69) is 0 Å². The molecule has 1 saturated carbocycles. The van der Waals surface area contributed by atoms with E-state index in [1.165, 1.54) is 12.1 Å². The molecule has 4 atom stereocenters. The average Bonchev–Trinajstić information content (AvgIpc) is 3.10. The van der Waals surface area contributed by atoms with Gasteiger partial charge in [-0.15, -0.1) is 0 Å². The van der Waals surface area contributed by atoms with Crippen molar-refractivity contribution >= 4 is 16.0 Å². The minimum atomic E-state index is -4.15. The lowest BCUT2D eigenvalue weighted by Crippen LogP contribution is -2.53. The van der Waals surface area contributed by atoms with Crippen molar-refractivity contribution in [2.75, 3.05) is 27.9 Å². The molecule has 0 radical (unpaired) electrons. The van der Waals surface area contributed by atoms with Crippen molar-refractivity contribution in [1.29, 1.82) is 0 Å². The Labute approximate surface area is 206 Å². The molecule has 0 aromatic heterocycles. The summed E-state index contributed by atoms with van der Waals surface area (Å²) in [7, 11) is 0.689. The van der Waals surface area contributed by atoms with E-state index in [-0.39, 0.29) is 16.9 Å². The van der Waals surface area contributed by atoms with Gasteiger partial charge >= 0.3 is 0 Å². The van der Waals surface area contributed by atoms with Gasteiger partial charge in [-0.2, -0.15) is 8.42 Å². The predicted molar refractivity (Wildman–Crippen MR) is 128 cm³/mol. The fraction of sp³-hybridized carbons (Fsp3) is 0.500. The monoisotopic (exact) mass is 501 g/mol. The van der Waals surface area contributed by atoms with Crippen LogP contribution in [0.15, 0.2) is 41.3 Å². The van der Waals surface area contributed by atoms with Crippen molar-refractivity contribution in [3.8, 4) is 11.5 Å². The number of rotatable bonds is 6. The van der Waals surface area contributed by atoms with E-state index >= 15 is 0 Å². The Morgan fingerprint density at radius 2 is 1.71 bits per heavy atom. The summed E-state index contributed by atoms with van der Waals surface area (Å²) in [6.07, 6.45) is 1.34. The number of carbonyl (C=O) groups excluding carboxylic acids is 1. The summed E-state index contributed by atoms with van der Waals surface area (Å²) in [6.45, 7) is 2.37. The molecule has 3 aliphatic rings. The third kappa shape index (κ3) is 3.72. The maximum Gasteiger partial charge on any atom is 0.297 e. The molecule has 2 aromatic rings. The number of hydrogen-bond donors (Lipinski definition) is 0. The minimum absolute atomic E-state index is 0.0423. The Hall–Kier alpha value is -2.62. The summed E-state index contributed by atoms with van der Waals surface area (Å²) in [5.74, 6) is 0.533. The topological polar surface area (TPSA) is 91.4 Å². The second-order valence-electron chi connectivity index (χ2n) is 9.55. The zero-order valence-electron chi connectivity index (χ0n) is 20.4. The van der Waals surface area contributed by atoms with Crippen LogP contribution in [0.4, 0.5) is 0 Å². The molecule has 2 aromatic carbocycles. The molecule has 0 bridgehead atoms. The van der Waals surface area contributed by atoms with Crippen LogP contribution in [-0.4, -0.2) is 59.3 Å². The maximum atomic E-state index is 13.8. The second-order valence-corrected chi connectivity index (χ2v) is 11.1. The average molecular weight is 502 g/mol. The number of ether oxygens (including phenoxy) is 3. The molecule has 5 rings (SSSR count). The molecular formula is C26H31NO7S. The third-order valence-electron chi connectivity index (χ3n) is 7.89. The van der Waals surface area contributed by atoms with Crippen molar-refractivity contribution in [1.82, 2.24) is 4.90 Å². The van der Waals surface area contributed by atoms with Gasteiger partial charge in [0.1, 0.15) is 0 Å². The Kier molecular flexibility index (Phi) is 6.05. The van der Waals surface area contributed by atoms with E-state index in [9.17, 15) is 13.2 Å². The number of aryl methyl sites for hydroxylation is 1. The summed E-state index contributed by atoms with van der Waals surface area (Å²) in [5, 5.41) is 0. The second kappa shape index (κ2) is 8.80. The van der Waals surface area contributed by atoms with Gasteiger partial charge in [0.05, 0.1) is 30.8 Å². The van der Waals surface area contributed by atoms with Crippen LogP contribution in [-0.2, 0) is 35.8 Å². The molecule has 8 nitrogen and oxygen atoms in total. The third-order valence-corrected chi connectivity index (χ3v) is 9.20. The first-order valence-corrected chi connectivity index (χ1v) is 13.3. The zero-order valence-corrected chi connectivity index (χ0v) is 21.3. The highest BCUT2D eigenvalue weighted by Crippen LogP contribution is 2.57. The highest BCUT2D eigenvalue weighted by atomic mass is 32.2. The first kappa shape index (κ1) is 24.1. The van der Waals surface area contributed by atoms with Crippen LogP contribution in [0, 0.1) is 12.8 Å². The lowest BCUT2D eigenvalue weighted by molar-refractivity contribution is -0.136. The van der Waals surface area contributed by atoms with Crippen LogP contribution in [0.25, 0.3) is 0 Å². The van der Waals surface area contributed by atoms with Gasteiger partial charge in [-0.1, -0.05) is 17.7 Å². The van der Waals surface area contributed by atoms with Gasteiger partial charge in [-0.3, -0.25) is 8.98 Å². The van der Waals surface area contributed by atoms with Crippen molar-refractivity contribution in [3.63, 3.8) is 0 Å². The smallest absolute Gasteiger partial charge is 0.297 e. The van der Waals surface area contributed by atoms with Gasteiger partial charge in [0.2, 0.25) is 0 Å². The van der Waals surface area contributed by atoms with Crippen LogP contribution < -0.4 is 9.47 Å². The van der Waals surface area contributed by atoms with E-state index in [1.807, 2.05) is 24.0 Å². The molecule has 0 unspecified atom stereocenters. The predicted octanol–water partition coefficient (Wildman–Crippen LogP) is 3.20. The molecular weight excluding hydrogens is 470 g/mol. The van der Waals surface area contributed by atoms with Gasteiger partial charge in [0, 0.05) is 19.6 Å². The van der Waals surface area contributed by atoms with Crippen molar-refractivity contribution in [3.05, 3.63) is 53.1 Å². The fourth-order valence-electron chi connectivity index (χ4n) is 6.17. The lowest BCUT2D eigenvalue weighted by Gasteiger charge is -2.50. The van der Waals surface area contributed by atoms with Crippen LogP contribution in [0.3, 0.4) is 0 Å². The standard InChI is InChI=1S/C26H31NO7S/c1-16-5-7-19(8-6-16)35(29,30)34-24-21-14-18(31-2)9-11-26(21)20-15-23(33-4)22(32-3)13-17(20)10-12-27(26)25(24)28/h5-8,13,15,18,21,24H,9-12,14H2,1-4H3/t18-,21-,24-,26-/m1/s1. The molecule has 2 aliphatic heterocycles. The fourth-order valence-corrected chi connectivity index (χ4v) is 7.24. The summed E-state index contributed by atoms with van der Waals surface area (Å²) in [4.78, 5) is 15.7. The highest BCUT2D eigenvalue weighted by molar-refractivity contribution is 7.86. The largest absolute Gasteiger partial charge is 0.493 e. The number of hydrogen-bond acceptors (Lipinski definition) is 7. The summed E-state index contributed by atoms with van der Waals surface area (Å²) in [5.41, 5.74) is 2.31. The molecule has 35 heavy (non-hydrogen) atoms. The van der Waals surface area contributed by atoms with Crippen LogP contribution in [0.5, 0.6) is 11.5 Å². The molecule has 1 aliphatic carbocycles. The van der Waals surface area contributed by atoms with Gasteiger partial charge in [-0.05, 0) is 68.0 Å². The van der Waals surface area contributed by atoms with Crippen molar-refractivity contribution in [2.24, 2.45) is 5.92 Å². The van der Waals surface area contributed by atoms with Crippen molar-refractivity contribution < 1.29 is 31.6 Å². The van der Waals surface area contributed by atoms with Gasteiger partial charge in [0.25, 0.3) is 16.0 Å². The van der Waals surface area contributed by atoms with Crippen molar-refractivity contribution in [2.45, 2.75) is 55.2 Å². The number of carbonyl (C=O) groups is 1. The maximum absolute atomic E-state index is 13.8. The molecule has 1 amide bonds. The molecule has 1 spiro atoms. The number of methoxy groups -OCH3 is 3. The van der Waals surface area contributed by atoms with Crippen LogP contribution in [0.2, 0.25) is 0 Å². The van der Waals surface area contributed by atoms with E-state index in [4.69, 9.17) is 18.4 Å². The first-order chi connectivity index (χ1) is 16.7. The number of nitrogens with zero attached hydrogens (tertiary/aromatic N) is 1. The normalized spacial score (nSPS) is 27.7. The first-order valence-electron chi connectivity index (χ1n) is 11.8. The Balaban J connectivity index is 1.61. The molecule has 0 N–H and O–H groups in total. The minimum Gasteiger partial charge on any atom is -0.493 e. The number of fused-ring (bicyclic) bond motifs is 1. The lowest BCUT2D eigenvalue weighted by atomic mass is 9.65. The van der Waals surface area contributed by atoms with E-state index in [1.54, 1.807) is 33.5 Å². The van der Waals surface area contributed by atoms with Gasteiger partial charge in [0.15, 0.2) is 17.6 Å². The van der Waals surface area contributed by atoms with Gasteiger partial charge < -0.3 is 19.1 Å². The highest BCUT2D eigenvalue weighted by Gasteiger charge is 2.64. The summed E-state index contributed by atoms with van der Waals surface area (Å²) >= 11 is 0. The van der Waals surface area contributed by atoms with E-state index < -0.39 is 27.7 Å². The summed E-state index contributed by atoms with van der Waals surface area (Å²) in [6, 6.07) is 10.4. The Bertz CT molecular complexity index is 1240. The van der Waals surface area contributed by atoms with Gasteiger partial charge in [-0.25, -0.2) is 0 Å². The van der Waals surface area contributed by atoms with Crippen LogP contribution in [0.1, 0.15) is 36.0 Å². The molecule has 9 heteroatoms. The quantitative estimate of drug-likeness (QED) is 0.562. The zero-order chi connectivity index (χ0) is 25.0. The molecule has 1 saturated heterocycles. The van der Waals surface area contributed by atoms with E-state index in [0.717, 1.165) is 23.1 Å². The number of amides is 1. The molecule has 2 heterocycles. The van der Waals surface area contributed by atoms with E-state index in [0.29, 0.717) is 37.3 Å². The number of benzene rings is 2. The SMILES string of the molecule is COc1cc2c(cc1OC)[C@]13CC[C@@H](OC)C[C@@H]1[C@@H](OS(=O)(=O)c1ccc(C)cc1)C(=O)N3CC2.